The summed E-state index contributed by atoms with van der Waals surface area (Å²) in [5.41, 5.74) is 0. The molecule has 2 radical (unpaired) electrons. The van der Waals surface area contributed by atoms with E-state index < -0.39 is 18.5 Å². The Labute approximate surface area is 142 Å². The van der Waals surface area contributed by atoms with Crippen molar-refractivity contribution in [2.45, 2.75) is 0 Å². The number of carbonyl (C=O) groups is 3. The average Bonchev–Trinajstić information content (AvgIpc) is 1.54. The molecule has 0 aliphatic carbocycles. The Bertz CT molecular complexity index is 116. The maximum absolute atomic E-state index is 8.33. The molecule has 0 fully saturated rings. The van der Waals surface area contributed by atoms with Gasteiger partial charge in [-0.3, -0.25) is 0 Å². The van der Waals surface area contributed by atoms with Crippen LogP contribution in [0.15, 0.2) is 0 Å². The number of hydrogen-bond acceptors (Lipinski definition) is 9. The molecule has 0 aliphatic rings. The molecule has 0 aromatic rings. The van der Waals surface area contributed by atoms with Gasteiger partial charge in [-0.1, -0.05) is 0 Å². The van der Waals surface area contributed by atoms with Gasteiger partial charge < -0.3 is 45.0 Å². The van der Waals surface area contributed by atoms with Gasteiger partial charge in [0.15, 0.2) is 0 Å². The van der Waals surface area contributed by atoms with E-state index in [0.717, 1.165) is 0 Å². The maximum Gasteiger partial charge on any atom is 3.00 e. The standard InChI is InChI=1S/3CH2O3.2Sm/c3*2-1(3)4;;/h3*(H2,2,3,4);;/q;;;2*+3/p-6. The summed E-state index contributed by atoms with van der Waals surface area (Å²) < 4.78 is 0. The van der Waals surface area contributed by atoms with Crippen LogP contribution in [0.5, 0.6) is 0 Å². The molecule has 0 unspecified atom stereocenters. The van der Waals surface area contributed by atoms with Crippen LogP contribution in [-0.4, -0.2) is 18.5 Å². The van der Waals surface area contributed by atoms with E-state index in [4.69, 9.17) is 45.0 Å². The smallest absolute Gasteiger partial charge is 0.652 e. The predicted octanol–water partition coefficient (Wildman–Crippen LogP) is -7.34. The van der Waals surface area contributed by atoms with Crippen molar-refractivity contribution < 1.29 is 126 Å². The van der Waals surface area contributed by atoms with Gasteiger partial charge in [0, 0.05) is 0 Å². The van der Waals surface area contributed by atoms with Crippen molar-refractivity contribution in [3.05, 3.63) is 0 Å². The van der Waals surface area contributed by atoms with Crippen LogP contribution in [0.25, 0.3) is 0 Å². The number of carboxylic acid groups (broad SMARTS) is 6. The van der Waals surface area contributed by atoms with Crippen LogP contribution in [0, 0.1) is 80.8 Å². The molecular weight excluding hydrogens is 481 g/mol. The summed E-state index contributed by atoms with van der Waals surface area (Å²) in [7, 11) is 0. The topological polar surface area (TPSA) is 190 Å². The molecule has 0 aliphatic heterocycles. The summed E-state index contributed by atoms with van der Waals surface area (Å²) in [5, 5.41) is 50.0. The number of rotatable bonds is 0. The Hall–Kier alpha value is 0.485. The molecule has 0 amide bonds. The van der Waals surface area contributed by atoms with Crippen LogP contribution in [0.3, 0.4) is 0 Å². The second-order valence-corrected chi connectivity index (χ2v) is 0.750. The molecular formula is C3O9Sm2. The van der Waals surface area contributed by atoms with Gasteiger partial charge in [0.25, 0.3) is 0 Å². The molecule has 0 saturated carbocycles. The minimum atomic E-state index is -2.33. The number of carbonyl (C=O) groups excluding carboxylic acids is 3. The Morgan fingerprint density at radius 2 is 0.500 bits per heavy atom. The minimum Gasteiger partial charge on any atom is -0.652 e. The van der Waals surface area contributed by atoms with Crippen LogP contribution in [-0.2, 0) is 0 Å². The average molecular weight is 481 g/mol. The zero-order chi connectivity index (χ0) is 10.7. The molecule has 0 rings (SSSR count). The summed E-state index contributed by atoms with van der Waals surface area (Å²) in [6, 6.07) is 0. The molecule has 0 saturated heterocycles. The molecule has 0 bridgehead atoms. The largest absolute Gasteiger partial charge is 3.00 e. The fourth-order valence-corrected chi connectivity index (χ4v) is 0. The third-order valence-corrected chi connectivity index (χ3v) is 0. The van der Waals surface area contributed by atoms with E-state index >= 15 is 0 Å². The monoisotopic (exact) mass is 484 g/mol. The first-order chi connectivity index (χ1) is 5.20. The van der Waals surface area contributed by atoms with E-state index in [2.05, 4.69) is 0 Å². The Morgan fingerprint density at radius 1 is 0.500 bits per heavy atom. The number of hydrogen-bond donors (Lipinski definition) is 0. The van der Waals surface area contributed by atoms with Gasteiger partial charge in [-0.25, -0.2) is 0 Å². The third kappa shape index (κ3) is 6990. The quantitative estimate of drug-likeness (QED) is 0.324. The predicted molar refractivity (Wildman–Crippen MR) is 16.2 cm³/mol. The van der Waals surface area contributed by atoms with E-state index in [0.29, 0.717) is 0 Å². The first-order valence-electron chi connectivity index (χ1n) is 1.84. The van der Waals surface area contributed by atoms with Crippen molar-refractivity contribution in [2.75, 3.05) is 0 Å². The van der Waals surface area contributed by atoms with Crippen LogP contribution in [0.1, 0.15) is 0 Å². The summed E-state index contributed by atoms with van der Waals surface area (Å²) in [5.74, 6) is 0. The van der Waals surface area contributed by atoms with Crippen LogP contribution in [0.4, 0.5) is 14.4 Å². The SMILES string of the molecule is O=C([O-])[O-].O=C([O-])[O-].O=C([O-])[O-].[Sm+3].[Sm+3]. The fraction of sp³-hybridized carbons (Fsp3) is 0. The van der Waals surface area contributed by atoms with E-state index in [-0.39, 0.29) is 80.8 Å². The second-order valence-electron chi connectivity index (χ2n) is 0.750. The third-order valence-electron chi connectivity index (χ3n) is 0. The van der Waals surface area contributed by atoms with Crippen LogP contribution in [0.2, 0.25) is 0 Å². The molecule has 0 aromatic carbocycles. The normalized spacial score (nSPS) is 5.14. The van der Waals surface area contributed by atoms with Gasteiger partial charge in [0.1, 0.15) is 0 Å². The van der Waals surface area contributed by atoms with Crippen molar-refractivity contribution in [3.63, 3.8) is 0 Å². The van der Waals surface area contributed by atoms with Crippen molar-refractivity contribution in [2.24, 2.45) is 0 Å². The van der Waals surface area contributed by atoms with Gasteiger partial charge in [-0.15, -0.1) is 0 Å². The molecule has 9 nitrogen and oxygen atoms in total. The first kappa shape index (κ1) is 29.3. The van der Waals surface area contributed by atoms with Gasteiger partial charge >= 0.3 is 80.8 Å². The molecule has 0 N–H and O–H groups in total. The minimum absolute atomic E-state index is 0. The van der Waals surface area contributed by atoms with Crippen LogP contribution < -0.4 is 30.6 Å². The van der Waals surface area contributed by atoms with E-state index in [9.17, 15) is 0 Å². The van der Waals surface area contributed by atoms with E-state index in [1.807, 2.05) is 0 Å². The Kier molecular flexibility index (Phi) is 48.9. The van der Waals surface area contributed by atoms with Crippen molar-refractivity contribution in [1.29, 1.82) is 0 Å². The van der Waals surface area contributed by atoms with Gasteiger partial charge in [-0.05, 0) is 18.5 Å². The Balaban J connectivity index is -0.0000000270. The van der Waals surface area contributed by atoms with Crippen LogP contribution >= 0.6 is 0 Å². The Morgan fingerprint density at radius 3 is 0.500 bits per heavy atom. The summed E-state index contributed by atoms with van der Waals surface area (Å²) in [4.78, 5) is 25.0. The maximum atomic E-state index is 8.33. The summed E-state index contributed by atoms with van der Waals surface area (Å²) in [6.45, 7) is 0. The van der Waals surface area contributed by atoms with E-state index in [1.165, 1.54) is 0 Å². The zero-order valence-electron chi connectivity index (χ0n) is 5.99. The van der Waals surface area contributed by atoms with E-state index in [1.54, 1.807) is 0 Å². The van der Waals surface area contributed by atoms with Crippen molar-refractivity contribution >= 4 is 18.5 Å². The molecule has 0 atom stereocenters. The fourth-order valence-electron chi connectivity index (χ4n) is 0. The van der Waals surface area contributed by atoms with Gasteiger partial charge in [0.2, 0.25) is 0 Å². The molecule has 14 heavy (non-hydrogen) atoms. The van der Waals surface area contributed by atoms with Gasteiger partial charge in [0.05, 0.1) is 0 Å². The molecule has 0 aromatic heterocycles. The zero-order valence-corrected chi connectivity index (χ0v) is 11.2. The summed E-state index contributed by atoms with van der Waals surface area (Å²) >= 11 is 0. The second kappa shape index (κ2) is 23.4. The van der Waals surface area contributed by atoms with Crippen molar-refractivity contribution in [1.82, 2.24) is 0 Å². The summed E-state index contributed by atoms with van der Waals surface area (Å²) in [6.07, 6.45) is -7.00. The first-order valence-corrected chi connectivity index (χ1v) is 1.84. The molecule has 11 heteroatoms. The molecule has 0 heterocycles. The van der Waals surface area contributed by atoms with Gasteiger partial charge in [-0.2, -0.15) is 0 Å². The molecule has 0 spiro atoms. The van der Waals surface area contributed by atoms with Crippen molar-refractivity contribution in [3.8, 4) is 0 Å². The molecule has 78 valence electrons.